The van der Waals surface area contributed by atoms with E-state index in [1.807, 2.05) is 11.8 Å². The van der Waals surface area contributed by atoms with E-state index in [0.717, 1.165) is 12.5 Å². The molecule has 3 heterocycles. The van der Waals surface area contributed by atoms with Crippen molar-refractivity contribution in [1.82, 2.24) is 15.0 Å². The van der Waals surface area contributed by atoms with E-state index in [9.17, 15) is 13.2 Å². The number of ether oxygens (including phenoxy) is 1. The first kappa shape index (κ1) is 16.6. The average Bonchev–Trinajstić information content (AvgIpc) is 2.61. The van der Waals surface area contributed by atoms with E-state index in [1.165, 1.54) is 6.20 Å². The molecule has 128 valence electrons. The SMILES string of the molecule is CC[C@@H]1CN(c2cc(C(F)(F)F)nc(-c3cccnc3)n2)CCO1. The van der Waals surface area contributed by atoms with Gasteiger partial charge in [-0.2, -0.15) is 13.2 Å². The molecule has 0 amide bonds. The highest BCUT2D eigenvalue weighted by Gasteiger charge is 2.34. The quantitative estimate of drug-likeness (QED) is 0.860. The summed E-state index contributed by atoms with van der Waals surface area (Å²) in [6.07, 6.45) is -0.752. The Hall–Kier alpha value is -2.22. The maximum Gasteiger partial charge on any atom is 0.433 e. The third kappa shape index (κ3) is 3.64. The minimum atomic E-state index is -4.54. The zero-order valence-corrected chi connectivity index (χ0v) is 13.1. The van der Waals surface area contributed by atoms with E-state index in [-0.39, 0.29) is 17.7 Å². The van der Waals surface area contributed by atoms with Crippen LogP contribution in [0.15, 0.2) is 30.6 Å². The monoisotopic (exact) mass is 338 g/mol. The highest BCUT2D eigenvalue weighted by atomic mass is 19.4. The van der Waals surface area contributed by atoms with Crippen LogP contribution < -0.4 is 4.90 Å². The summed E-state index contributed by atoms with van der Waals surface area (Å²) in [5.41, 5.74) is -0.504. The third-order valence-electron chi connectivity index (χ3n) is 3.84. The van der Waals surface area contributed by atoms with Crippen molar-refractivity contribution in [2.24, 2.45) is 0 Å². The van der Waals surface area contributed by atoms with Gasteiger partial charge in [-0.25, -0.2) is 9.97 Å². The zero-order chi connectivity index (χ0) is 17.2. The number of morpholine rings is 1. The van der Waals surface area contributed by atoms with E-state index in [2.05, 4.69) is 15.0 Å². The maximum atomic E-state index is 13.2. The number of rotatable bonds is 3. The number of alkyl halides is 3. The molecule has 1 aliphatic rings. The second kappa shape index (κ2) is 6.72. The molecule has 1 atom stereocenters. The van der Waals surface area contributed by atoms with E-state index in [4.69, 9.17) is 4.74 Å². The van der Waals surface area contributed by atoms with E-state index < -0.39 is 11.9 Å². The van der Waals surface area contributed by atoms with Gasteiger partial charge in [0.1, 0.15) is 5.82 Å². The Morgan fingerprint density at radius 3 is 2.83 bits per heavy atom. The van der Waals surface area contributed by atoms with Crippen LogP contribution in [0.3, 0.4) is 0 Å². The van der Waals surface area contributed by atoms with Crippen LogP contribution >= 0.6 is 0 Å². The fraction of sp³-hybridized carbons (Fsp3) is 0.438. The molecule has 1 saturated heterocycles. The predicted molar refractivity (Wildman–Crippen MR) is 82.5 cm³/mol. The van der Waals surface area contributed by atoms with E-state index >= 15 is 0 Å². The van der Waals surface area contributed by atoms with Gasteiger partial charge in [0.2, 0.25) is 0 Å². The number of pyridine rings is 1. The Balaban J connectivity index is 2.02. The van der Waals surface area contributed by atoms with Crippen molar-refractivity contribution in [2.45, 2.75) is 25.6 Å². The first-order valence-electron chi connectivity index (χ1n) is 7.70. The molecule has 0 aromatic carbocycles. The lowest BCUT2D eigenvalue weighted by Crippen LogP contribution is -2.42. The fourth-order valence-corrected chi connectivity index (χ4v) is 2.54. The molecule has 8 heteroatoms. The number of hydrogen-bond donors (Lipinski definition) is 0. The maximum absolute atomic E-state index is 13.2. The van der Waals surface area contributed by atoms with Crippen LogP contribution in [0.4, 0.5) is 19.0 Å². The van der Waals surface area contributed by atoms with Gasteiger partial charge in [-0.1, -0.05) is 6.92 Å². The largest absolute Gasteiger partial charge is 0.433 e. The van der Waals surface area contributed by atoms with Crippen molar-refractivity contribution in [2.75, 3.05) is 24.6 Å². The fourth-order valence-electron chi connectivity index (χ4n) is 2.54. The number of aromatic nitrogens is 3. The van der Waals surface area contributed by atoms with Crippen LogP contribution in [0.5, 0.6) is 0 Å². The van der Waals surface area contributed by atoms with Gasteiger partial charge in [0, 0.05) is 37.1 Å². The number of hydrogen-bond acceptors (Lipinski definition) is 5. The molecule has 0 unspecified atom stereocenters. The molecule has 3 rings (SSSR count). The van der Waals surface area contributed by atoms with Gasteiger partial charge in [-0.15, -0.1) is 0 Å². The number of halogens is 3. The lowest BCUT2D eigenvalue weighted by molar-refractivity contribution is -0.141. The van der Waals surface area contributed by atoms with Gasteiger partial charge < -0.3 is 9.64 Å². The van der Waals surface area contributed by atoms with Gasteiger partial charge in [-0.3, -0.25) is 4.98 Å². The Bertz CT molecular complexity index is 693. The molecule has 2 aromatic rings. The molecule has 1 aliphatic heterocycles. The molecule has 1 fully saturated rings. The number of anilines is 1. The molecule has 0 spiro atoms. The average molecular weight is 338 g/mol. The summed E-state index contributed by atoms with van der Waals surface area (Å²) in [5.74, 6) is 0.283. The van der Waals surface area contributed by atoms with Gasteiger partial charge in [-0.05, 0) is 18.6 Å². The summed E-state index contributed by atoms with van der Waals surface area (Å²) in [7, 11) is 0. The predicted octanol–water partition coefficient (Wildman–Crippen LogP) is 3.17. The van der Waals surface area contributed by atoms with E-state index in [0.29, 0.717) is 25.3 Å². The third-order valence-corrected chi connectivity index (χ3v) is 3.84. The van der Waals surface area contributed by atoms with Gasteiger partial charge in [0.15, 0.2) is 11.5 Å². The van der Waals surface area contributed by atoms with Crippen molar-refractivity contribution in [3.8, 4) is 11.4 Å². The molecule has 24 heavy (non-hydrogen) atoms. The molecular formula is C16H17F3N4O. The molecule has 0 aliphatic carbocycles. The smallest absolute Gasteiger partial charge is 0.375 e. The van der Waals surface area contributed by atoms with Gasteiger partial charge in [0.25, 0.3) is 0 Å². The normalized spacial score (nSPS) is 18.7. The van der Waals surface area contributed by atoms with Crippen LogP contribution in [-0.4, -0.2) is 40.8 Å². The standard InChI is InChI=1S/C16H17F3N4O/c1-2-12-10-23(6-7-24-12)14-8-13(16(17,18)19)21-15(22-14)11-4-3-5-20-9-11/h3-5,8-9,12H,2,6-7,10H2,1H3/t12-/m1/s1. The topological polar surface area (TPSA) is 51.1 Å². The summed E-state index contributed by atoms with van der Waals surface area (Å²) in [6.45, 7) is 3.46. The van der Waals surface area contributed by atoms with Crippen LogP contribution in [0.25, 0.3) is 11.4 Å². The molecule has 2 aromatic heterocycles. The van der Waals surface area contributed by atoms with Crippen molar-refractivity contribution in [1.29, 1.82) is 0 Å². The van der Waals surface area contributed by atoms with Gasteiger partial charge >= 0.3 is 6.18 Å². The summed E-state index contributed by atoms with van der Waals surface area (Å²) in [5, 5.41) is 0. The van der Waals surface area contributed by atoms with Crippen molar-refractivity contribution in [3.05, 3.63) is 36.3 Å². The van der Waals surface area contributed by atoms with Crippen LogP contribution in [-0.2, 0) is 10.9 Å². The van der Waals surface area contributed by atoms with Crippen LogP contribution in [0, 0.1) is 0 Å². The summed E-state index contributed by atoms with van der Waals surface area (Å²) < 4.78 is 45.2. The molecule has 5 nitrogen and oxygen atoms in total. The lowest BCUT2D eigenvalue weighted by Gasteiger charge is -2.33. The van der Waals surface area contributed by atoms with E-state index in [1.54, 1.807) is 18.3 Å². The van der Waals surface area contributed by atoms with Crippen LogP contribution in [0.2, 0.25) is 0 Å². The summed E-state index contributed by atoms with van der Waals surface area (Å²) >= 11 is 0. The van der Waals surface area contributed by atoms with Crippen molar-refractivity contribution in [3.63, 3.8) is 0 Å². The van der Waals surface area contributed by atoms with Crippen molar-refractivity contribution < 1.29 is 17.9 Å². The van der Waals surface area contributed by atoms with Crippen LogP contribution in [0.1, 0.15) is 19.0 Å². The molecule has 0 bridgehead atoms. The van der Waals surface area contributed by atoms with Crippen molar-refractivity contribution >= 4 is 5.82 Å². The second-order valence-electron chi connectivity index (χ2n) is 5.52. The molecule has 0 saturated carbocycles. The number of nitrogens with zero attached hydrogens (tertiary/aromatic N) is 4. The summed E-state index contributed by atoms with van der Waals surface area (Å²) in [6, 6.07) is 4.28. The Kier molecular flexibility index (Phi) is 4.66. The first-order chi connectivity index (χ1) is 11.5. The second-order valence-corrected chi connectivity index (χ2v) is 5.52. The Morgan fingerprint density at radius 1 is 1.33 bits per heavy atom. The Morgan fingerprint density at radius 2 is 2.17 bits per heavy atom. The van der Waals surface area contributed by atoms with Gasteiger partial charge in [0.05, 0.1) is 12.7 Å². The Labute approximate surface area is 137 Å². The lowest BCUT2D eigenvalue weighted by atomic mass is 10.2. The molecule has 0 radical (unpaired) electrons. The molecular weight excluding hydrogens is 321 g/mol. The highest BCUT2D eigenvalue weighted by molar-refractivity contribution is 5.57. The highest BCUT2D eigenvalue weighted by Crippen LogP contribution is 2.32. The first-order valence-corrected chi connectivity index (χ1v) is 7.70. The summed E-state index contributed by atoms with van der Waals surface area (Å²) in [4.78, 5) is 13.7. The minimum absolute atomic E-state index is 0.00936. The molecule has 0 N–H and O–H groups in total. The minimum Gasteiger partial charge on any atom is -0.375 e. The zero-order valence-electron chi connectivity index (χ0n) is 13.1.